The molecule has 0 atom stereocenters. The molecular formula is C10H9F3O3. The van der Waals surface area contributed by atoms with Crippen LogP contribution < -0.4 is 4.74 Å². The molecule has 3 nitrogen and oxygen atoms in total. The molecule has 2 aliphatic carbocycles. The van der Waals surface area contributed by atoms with Crippen molar-refractivity contribution in [2.24, 2.45) is 0 Å². The Bertz CT molecular complexity index is 374. The van der Waals surface area contributed by atoms with Crippen LogP contribution in [0.5, 0.6) is 5.75 Å². The third kappa shape index (κ3) is 3.80. The number of benzene rings is 1. The first kappa shape index (κ1) is 12.4. The number of fused-ring (bicyclic) bond motifs is 1. The average molecular weight is 234 g/mol. The number of halogens is 3. The number of hydrogen-bond donors (Lipinski definition) is 1. The zero-order valence-corrected chi connectivity index (χ0v) is 8.12. The van der Waals surface area contributed by atoms with E-state index in [1.807, 2.05) is 12.1 Å². The van der Waals surface area contributed by atoms with Gasteiger partial charge in [0, 0.05) is 5.56 Å². The molecule has 0 amide bonds. The van der Waals surface area contributed by atoms with Crippen LogP contribution in [0.3, 0.4) is 0 Å². The third-order valence-corrected chi connectivity index (χ3v) is 1.85. The van der Waals surface area contributed by atoms with Crippen molar-refractivity contribution in [3.63, 3.8) is 0 Å². The normalized spacial score (nSPS) is 11.2. The predicted molar refractivity (Wildman–Crippen MR) is 50.3 cm³/mol. The fourth-order valence-corrected chi connectivity index (χ4v) is 1.13. The van der Waals surface area contributed by atoms with Gasteiger partial charge in [-0.3, -0.25) is 4.79 Å². The molecule has 6 heteroatoms. The maximum absolute atomic E-state index is 11.7. The Morgan fingerprint density at radius 2 is 2.00 bits per heavy atom. The second-order valence-electron chi connectivity index (χ2n) is 3.03. The van der Waals surface area contributed by atoms with Gasteiger partial charge in [0.1, 0.15) is 5.75 Å². The first-order valence-electron chi connectivity index (χ1n) is 4.40. The van der Waals surface area contributed by atoms with Crippen molar-refractivity contribution in [1.29, 1.82) is 0 Å². The van der Waals surface area contributed by atoms with Gasteiger partial charge in [-0.2, -0.15) is 13.2 Å². The molecule has 0 unspecified atom stereocenters. The predicted octanol–water partition coefficient (Wildman–Crippen LogP) is 2.70. The maximum atomic E-state index is 11.7. The van der Waals surface area contributed by atoms with Crippen LogP contribution in [-0.4, -0.2) is 24.4 Å². The van der Waals surface area contributed by atoms with Crippen LogP contribution in [0.4, 0.5) is 13.2 Å². The van der Waals surface area contributed by atoms with E-state index < -0.39 is 12.6 Å². The maximum Gasteiger partial charge on any atom is 0.392 e. The molecule has 0 aromatic carbocycles. The third-order valence-electron chi connectivity index (χ3n) is 1.85. The lowest BCUT2D eigenvalue weighted by Gasteiger charge is -2.06. The van der Waals surface area contributed by atoms with E-state index in [4.69, 9.17) is 14.6 Å². The Balaban J connectivity index is 0.000000386. The molecule has 0 fully saturated rings. The molecule has 0 aliphatic heterocycles. The molecule has 0 saturated carbocycles. The molecule has 0 aromatic heterocycles. The summed E-state index contributed by atoms with van der Waals surface area (Å²) in [5.74, 6) is 0.569. The van der Waals surface area contributed by atoms with Crippen molar-refractivity contribution < 1.29 is 27.8 Å². The largest absolute Gasteiger partial charge is 0.493 e. The van der Waals surface area contributed by atoms with Crippen LogP contribution in [0.25, 0.3) is 11.1 Å². The standard InChI is InChI=1S/C9H7F3O.CH2O2/c10-9(11,12)3-4-13-8-2-1-6-5-7(6)8;2-1-3/h1-2,5H,3-4H2;1H,(H,2,3). The van der Waals surface area contributed by atoms with Crippen molar-refractivity contribution in [1.82, 2.24) is 0 Å². The fraction of sp³-hybridized carbons (Fsp3) is 0.300. The zero-order valence-electron chi connectivity index (χ0n) is 8.12. The lowest BCUT2D eigenvalue weighted by molar-refractivity contribution is -0.139. The van der Waals surface area contributed by atoms with Gasteiger partial charge >= 0.3 is 6.18 Å². The van der Waals surface area contributed by atoms with Crippen LogP contribution in [0.1, 0.15) is 6.42 Å². The molecule has 0 heterocycles. The molecule has 88 valence electrons. The summed E-state index contributed by atoms with van der Waals surface area (Å²) in [5.41, 5.74) is 2.02. The van der Waals surface area contributed by atoms with E-state index in [9.17, 15) is 13.2 Å². The van der Waals surface area contributed by atoms with Crippen molar-refractivity contribution in [2.45, 2.75) is 12.6 Å². The lowest BCUT2D eigenvalue weighted by Crippen LogP contribution is -2.12. The van der Waals surface area contributed by atoms with E-state index in [0.29, 0.717) is 5.75 Å². The average Bonchev–Trinajstić information content (AvgIpc) is 2.82. The van der Waals surface area contributed by atoms with Gasteiger partial charge in [-0.05, 0) is 17.7 Å². The topological polar surface area (TPSA) is 46.5 Å². The Morgan fingerprint density at radius 3 is 2.38 bits per heavy atom. The summed E-state index contributed by atoms with van der Waals surface area (Å²) >= 11 is 0. The van der Waals surface area contributed by atoms with E-state index in [1.54, 1.807) is 6.07 Å². The molecule has 2 rings (SSSR count). The van der Waals surface area contributed by atoms with Crippen molar-refractivity contribution in [2.75, 3.05) is 6.61 Å². The Kier molecular flexibility index (Phi) is 3.76. The molecule has 0 spiro atoms. The van der Waals surface area contributed by atoms with Crippen molar-refractivity contribution in [3.8, 4) is 16.9 Å². The molecule has 1 N–H and O–H groups in total. The van der Waals surface area contributed by atoms with Gasteiger partial charge in [0.25, 0.3) is 6.47 Å². The molecule has 0 bridgehead atoms. The summed E-state index contributed by atoms with van der Waals surface area (Å²) in [4.78, 5) is 8.36. The van der Waals surface area contributed by atoms with E-state index >= 15 is 0 Å². The highest BCUT2D eigenvalue weighted by atomic mass is 19.4. The Morgan fingerprint density at radius 1 is 1.38 bits per heavy atom. The van der Waals surface area contributed by atoms with Gasteiger partial charge in [0.15, 0.2) is 0 Å². The first-order valence-corrected chi connectivity index (χ1v) is 4.40. The molecule has 16 heavy (non-hydrogen) atoms. The number of ether oxygens (including phenoxy) is 1. The number of carboxylic acid groups (broad SMARTS) is 1. The zero-order chi connectivity index (χ0) is 12.2. The second kappa shape index (κ2) is 4.87. The van der Waals surface area contributed by atoms with Crippen molar-refractivity contribution >= 4 is 6.47 Å². The number of hydrogen-bond acceptors (Lipinski definition) is 2. The van der Waals surface area contributed by atoms with Gasteiger partial charge < -0.3 is 9.84 Å². The fourth-order valence-electron chi connectivity index (χ4n) is 1.13. The molecule has 2 aliphatic rings. The minimum absolute atomic E-state index is 0.250. The minimum Gasteiger partial charge on any atom is -0.493 e. The lowest BCUT2D eigenvalue weighted by atomic mass is 10.4. The first-order chi connectivity index (χ1) is 7.48. The van der Waals surface area contributed by atoms with Crippen LogP contribution >= 0.6 is 0 Å². The number of rotatable bonds is 3. The monoisotopic (exact) mass is 234 g/mol. The van der Waals surface area contributed by atoms with E-state index in [0.717, 1.165) is 11.1 Å². The minimum atomic E-state index is -4.13. The van der Waals surface area contributed by atoms with E-state index in [1.165, 1.54) is 0 Å². The molecule has 0 aromatic rings. The van der Waals surface area contributed by atoms with Crippen LogP contribution in [0, 0.1) is 0 Å². The summed E-state index contributed by atoms with van der Waals surface area (Å²) < 4.78 is 40.1. The quantitative estimate of drug-likeness (QED) is 0.830. The van der Waals surface area contributed by atoms with E-state index in [2.05, 4.69) is 0 Å². The highest BCUT2D eigenvalue weighted by Crippen LogP contribution is 2.43. The Hall–Kier alpha value is -1.72. The molecular weight excluding hydrogens is 225 g/mol. The summed E-state index contributed by atoms with van der Waals surface area (Å²) in [6.45, 7) is -0.548. The summed E-state index contributed by atoms with van der Waals surface area (Å²) in [6.07, 6.45) is -5.03. The summed E-state index contributed by atoms with van der Waals surface area (Å²) in [6, 6.07) is 5.40. The summed E-state index contributed by atoms with van der Waals surface area (Å²) in [7, 11) is 0. The van der Waals surface area contributed by atoms with Gasteiger partial charge in [-0.1, -0.05) is 6.07 Å². The van der Waals surface area contributed by atoms with Crippen molar-refractivity contribution in [3.05, 3.63) is 18.2 Å². The van der Waals surface area contributed by atoms with Gasteiger partial charge in [-0.25, -0.2) is 0 Å². The highest BCUT2D eigenvalue weighted by molar-refractivity contribution is 5.87. The van der Waals surface area contributed by atoms with Gasteiger partial charge in [-0.15, -0.1) is 0 Å². The second-order valence-corrected chi connectivity index (χ2v) is 3.03. The Labute approximate surface area is 89.5 Å². The highest BCUT2D eigenvalue weighted by Gasteiger charge is 2.27. The van der Waals surface area contributed by atoms with E-state index in [-0.39, 0.29) is 13.1 Å². The SMILES string of the molecule is FC(F)(F)CCOc1ccc2cc1-2.O=CO. The van der Waals surface area contributed by atoms with Crippen LogP contribution in [0.15, 0.2) is 18.2 Å². The molecule has 0 radical (unpaired) electrons. The smallest absolute Gasteiger partial charge is 0.392 e. The number of carbonyl (C=O) groups is 1. The van der Waals surface area contributed by atoms with Crippen LogP contribution in [0.2, 0.25) is 0 Å². The number of alkyl halides is 3. The van der Waals surface area contributed by atoms with Crippen LogP contribution in [-0.2, 0) is 4.79 Å². The molecule has 0 saturated heterocycles. The van der Waals surface area contributed by atoms with Gasteiger partial charge in [0.05, 0.1) is 13.0 Å². The summed E-state index contributed by atoms with van der Waals surface area (Å²) in [5, 5.41) is 6.89. The van der Waals surface area contributed by atoms with Gasteiger partial charge in [0.2, 0.25) is 0 Å².